The van der Waals surface area contributed by atoms with Crippen LogP contribution in [0, 0.1) is 0 Å². The highest BCUT2D eigenvalue weighted by molar-refractivity contribution is 7.86. The molecule has 0 aromatic heterocycles. The number of rotatable bonds is 29. The minimum absolute atomic E-state index is 0.225. The summed E-state index contributed by atoms with van der Waals surface area (Å²) in [6, 6.07) is 0. The first kappa shape index (κ1) is 37.7. The number of unbranched alkanes of at least 4 members (excludes halogenated alkanes) is 14. The zero-order valence-electron chi connectivity index (χ0n) is 24.6. The van der Waals surface area contributed by atoms with Crippen molar-refractivity contribution in [2.75, 3.05) is 50.8 Å². The molecule has 0 aromatic rings. The van der Waals surface area contributed by atoms with Crippen molar-refractivity contribution in [3.63, 3.8) is 0 Å². The molecular formula is C28H60N2O6S2. The molecule has 0 aliphatic heterocycles. The average molecular weight is 585 g/mol. The average Bonchev–Trinajstić information content (AvgIpc) is 2.83. The summed E-state index contributed by atoms with van der Waals surface area (Å²) in [5, 5.41) is 0. The van der Waals surface area contributed by atoms with Crippen LogP contribution in [0.1, 0.15) is 129 Å². The van der Waals surface area contributed by atoms with Gasteiger partial charge in [0, 0.05) is 13.1 Å². The predicted octanol–water partition coefficient (Wildman–Crippen LogP) is 6.43. The Kier molecular flexibility index (Phi) is 24.4. The fourth-order valence-electron chi connectivity index (χ4n) is 4.83. The van der Waals surface area contributed by atoms with E-state index in [1.54, 1.807) is 0 Å². The lowest BCUT2D eigenvalue weighted by Crippen LogP contribution is -2.38. The van der Waals surface area contributed by atoms with Crippen molar-refractivity contribution in [3.05, 3.63) is 0 Å². The Balaban J connectivity index is 4.61. The predicted molar refractivity (Wildman–Crippen MR) is 160 cm³/mol. The van der Waals surface area contributed by atoms with Crippen molar-refractivity contribution >= 4 is 20.2 Å². The van der Waals surface area contributed by atoms with E-state index < -0.39 is 20.2 Å². The second kappa shape index (κ2) is 24.5. The number of hydrogen-bond acceptors (Lipinski definition) is 6. The molecule has 0 aliphatic rings. The minimum atomic E-state index is -3.96. The third-order valence-electron chi connectivity index (χ3n) is 7.14. The molecule has 38 heavy (non-hydrogen) atoms. The van der Waals surface area contributed by atoms with Crippen molar-refractivity contribution in [1.29, 1.82) is 0 Å². The maximum absolute atomic E-state index is 11.2. The van der Waals surface area contributed by atoms with Gasteiger partial charge in [-0.3, -0.25) is 9.11 Å². The van der Waals surface area contributed by atoms with E-state index in [9.17, 15) is 16.8 Å². The molecule has 0 spiro atoms. The molecule has 0 radical (unpaired) electrons. The summed E-state index contributed by atoms with van der Waals surface area (Å²) in [6.07, 6.45) is 20.6. The van der Waals surface area contributed by atoms with Crippen LogP contribution in [0.25, 0.3) is 0 Å². The molecule has 0 bridgehead atoms. The third kappa shape index (κ3) is 28.7. The summed E-state index contributed by atoms with van der Waals surface area (Å²) < 4.78 is 63.0. The molecule has 8 nitrogen and oxygen atoms in total. The molecule has 0 aliphatic carbocycles. The maximum atomic E-state index is 11.2. The normalized spacial score (nSPS) is 12.7. The Morgan fingerprint density at radius 1 is 0.395 bits per heavy atom. The van der Waals surface area contributed by atoms with Gasteiger partial charge in [-0.1, -0.05) is 104 Å². The summed E-state index contributed by atoms with van der Waals surface area (Å²) in [4.78, 5) is 4.56. The van der Waals surface area contributed by atoms with Gasteiger partial charge in [0.2, 0.25) is 0 Å². The second-order valence-corrected chi connectivity index (χ2v) is 14.1. The van der Waals surface area contributed by atoms with Gasteiger partial charge in [0.25, 0.3) is 20.2 Å². The fraction of sp³-hybridized carbons (Fsp3) is 1.00. The largest absolute Gasteiger partial charge is 0.302 e. The number of hydrogen-bond donors (Lipinski definition) is 2. The van der Waals surface area contributed by atoms with Gasteiger partial charge in [-0.15, -0.1) is 0 Å². The van der Waals surface area contributed by atoms with Gasteiger partial charge in [-0.2, -0.15) is 16.8 Å². The summed E-state index contributed by atoms with van der Waals surface area (Å²) in [5.74, 6) is -0.450. The van der Waals surface area contributed by atoms with Crippen molar-refractivity contribution in [1.82, 2.24) is 9.80 Å². The lowest BCUT2D eigenvalue weighted by atomic mass is 10.1. The first-order valence-electron chi connectivity index (χ1n) is 15.4. The lowest BCUT2D eigenvalue weighted by molar-refractivity contribution is 0.198. The molecule has 0 saturated carbocycles. The summed E-state index contributed by atoms with van der Waals surface area (Å²) in [5.41, 5.74) is 0. The Morgan fingerprint density at radius 2 is 0.658 bits per heavy atom. The van der Waals surface area contributed by atoms with Crippen LogP contribution in [-0.2, 0) is 20.2 Å². The van der Waals surface area contributed by atoms with E-state index in [-0.39, 0.29) is 11.5 Å². The summed E-state index contributed by atoms with van der Waals surface area (Å²) >= 11 is 0. The second-order valence-electron chi connectivity index (χ2n) is 10.9. The van der Waals surface area contributed by atoms with Gasteiger partial charge in [0.1, 0.15) is 0 Å². The van der Waals surface area contributed by atoms with Crippen molar-refractivity contribution < 1.29 is 25.9 Å². The third-order valence-corrected chi connectivity index (χ3v) is 8.75. The van der Waals surface area contributed by atoms with Gasteiger partial charge in [-0.05, 0) is 51.9 Å². The standard InChI is InChI=1S/C28H60N2O6S2/c1-3-5-7-9-11-12-13-14-16-18-22-30(24-20-28-38(34,35)36)26-25-29(23-19-27-37(31,32)33)21-17-15-10-8-6-4-2/h3-28H2,1-2H3,(H,31,32,33)(H,34,35,36). The molecule has 10 heteroatoms. The molecule has 2 N–H and O–H groups in total. The van der Waals surface area contributed by atoms with E-state index in [1.807, 2.05) is 0 Å². The van der Waals surface area contributed by atoms with Crippen LogP contribution in [0.3, 0.4) is 0 Å². The lowest BCUT2D eigenvalue weighted by Gasteiger charge is -2.28. The van der Waals surface area contributed by atoms with Crippen LogP contribution >= 0.6 is 0 Å². The van der Waals surface area contributed by atoms with Crippen LogP contribution in [0.4, 0.5) is 0 Å². The molecule has 0 saturated heterocycles. The first-order chi connectivity index (χ1) is 18.1. The monoisotopic (exact) mass is 584 g/mol. The van der Waals surface area contributed by atoms with E-state index in [1.165, 1.54) is 83.5 Å². The van der Waals surface area contributed by atoms with E-state index >= 15 is 0 Å². The van der Waals surface area contributed by atoms with E-state index in [2.05, 4.69) is 23.6 Å². The molecular weight excluding hydrogens is 524 g/mol. The van der Waals surface area contributed by atoms with Gasteiger partial charge in [0.05, 0.1) is 11.5 Å². The van der Waals surface area contributed by atoms with Gasteiger partial charge in [-0.25, -0.2) is 0 Å². The molecule has 0 amide bonds. The Bertz CT molecular complexity index is 732. The quantitative estimate of drug-likeness (QED) is 0.0764. The zero-order chi connectivity index (χ0) is 28.5. The molecule has 0 rings (SSSR count). The highest BCUT2D eigenvalue weighted by Gasteiger charge is 2.13. The van der Waals surface area contributed by atoms with Crippen molar-refractivity contribution in [2.24, 2.45) is 0 Å². The van der Waals surface area contributed by atoms with Crippen molar-refractivity contribution in [3.8, 4) is 0 Å². The van der Waals surface area contributed by atoms with Crippen LogP contribution < -0.4 is 0 Å². The molecule has 0 aromatic carbocycles. The highest BCUT2D eigenvalue weighted by Crippen LogP contribution is 2.12. The van der Waals surface area contributed by atoms with Crippen LogP contribution in [0.5, 0.6) is 0 Å². The summed E-state index contributed by atoms with van der Waals surface area (Å²) in [6.45, 7) is 9.04. The van der Waals surface area contributed by atoms with Gasteiger partial charge < -0.3 is 9.80 Å². The molecule has 0 heterocycles. The maximum Gasteiger partial charge on any atom is 0.264 e. The smallest absolute Gasteiger partial charge is 0.264 e. The SMILES string of the molecule is CCCCCCCCCCCCN(CCCS(=O)(=O)O)CCN(CCCCCCCC)CCCS(=O)(=O)O. The Morgan fingerprint density at radius 3 is 0.947 bits per heavy atom. The van der Waals surface area contributed by atoms with Crippen molar-refractivity contribution in [2.45, 2.75) is 129 Å². The first-order valence-corrected chi connectivity index (χ1v) is 18.6. The van der Waals surface area contributed by atoms with Crippen LogP contribution in [0.2, 0.25) is 0 Å². The van der Waals surface area contributed by atoms with E-state index in [0.29, 0.717) is 25.9 Å². The Hall–Kier alpha value is -0.260. The number of nitrogens with zero attached hydrogens (tertiary/aromatic N) is 2. The minimum Gasteiger partial charge on any atom is -0.302 e. The molecule has 0 unspecified atom stereocenters. The Labute approximate surface area is 235 Å². The topological polar surface area (TPSA) is 115 Å². The molecule has 0 fully saturated rings. The fourth-order valence-corrected chi connectivity index (χ4v) is 5.82. The highest BCUT2D eigenvalue weighted by atomic mass is 32.2. The summed E-state index contributed by atoms with van der Waals surface area (Å²) in [7, 11) is -7.92. The molecule has 230 valence electrons. The molecule has 0 atom stereocenters. The van der Waals surface area contributed by atoms with Gasteiger partial charge in [0.15, 0.2) is 0 Å². The van der Waals surface area contributed by atoms with Crippen LogP contribution in [0.15, 0.2) is 0 Å². The zero-order valence-corrected chi connectivity index (χ0v) is 26.3. The van der Waals surface area contributed by atoms with E-state index in [0.717, 1.165) is 45.4 Å². The van der Waals surface area contributed by atoms with E-state index in [4.69, 9.17) is 9.11 Å². The van der Waals surface area contributed by atoms with Gasteiger partial charge >= 0.3 is 0 Å². The van der Waals surface area contributed by atoms with Crippen LogP contribution in [-0.4, -0.2) is 86.5 Å².